The molecule has 88 valence electrons. The van der Waals surface area contributed by atoms with Gasteiger partial charge in [-0.2, -0.15) is 5.26 Å². The van der Waals surface area contributed by atoms with Crippen molar-refractivity contribution in [3.63, 3.8) is 0 Å². The molecule has 2 aromatic rings. The number of anilines is 1. The molecule has 0 radical (unpaired) electrons. The molecule has 0 fully saturated rings. The minimum Gasteiger partial charge on any atom is -0.321 e. The van der Waals surface area contributed by atoms with Crippen LogP contribution in [-0.4, -0.2) is 10.9 Å². The molecule has 1 amide bonds. The Balaban J connectivity index is 2.14. The van der Waals surface area contributed by atoms with Gasteiger partial charge < -0.3 is 5.32 Å². The average Bonchev–Trinajstić information content (AvgIpc) is 2.39. The zero-order valence-electron chi connectivity index (χ0n) is 9.22. The zero-order valence-corrected chi connectivity index (χ0v) is 9.22. The average molecular weight is 241 g/mol. The van der Waals surface area contributed by atoms with E-state index in [1.807, 2.05) is 6.07 Å². The summed E-state index contributed by atoms with van der Waals surface area (Å²) in [5, 5.41) is 11.1. The Morgan fingerprint density at radius 3 is 2.78 bits per heavy atom. The lowest BCUT2D eigenvalue weighted by Crippen LogP contribution is -2.13. The predicted octanol–water partition coefficient (Wildman–Crippen LogP) is 2.34. The third-order valence-corrected chi connectivity index (χ3v) is 2.21. The number of rotatable bonds is 2. The van der Waals surface area contributed by atoms with Gasteiger partial charge in [0.25, 0.3) is 5.91 Å². The third-order valence-electron chi connectivity index (χ3n) is 2.21. The maximum atomic E-state index is 12.9. The van der Waals surface area contributed by atoms with Crippen molar-refractivity contribution >= 4 is 11.6 Å². The van der Waals surface area contributed by atoms with Crippen molar-refractivity contribution in [3.8, 4) is 6.07 Å². The second kappa shape index (κ2) is 5.06. The minimum atomic E-state index is -0.454. The van der Waals surface area contributed by atoms with Crippen LogP contribution in [0.4, 0.5) is 10.1 Å². The van der Waals surface area contributed by atoms with Gasteiger partial charge >= 0.3 is 0 Å². The molecule has 0 aliphatic rings. The second-order valence-corrected chi connectivity index (χ2v) is 3.51. The van der Waals surface area contributed by atoms with E-state index >= 15 is 0 Å². The lowest BCUT2D eigenvalue weighted by Gasteiger charge is -2.04. The molecule has 0 aliphatic carbocycles. The standard InChI is InChI=1S/C13H8FN3O/c14-10-2-1-3-11(6-10)17-13(18)12-5-4-9(7-15)8-16-12/h1-6,8H,(H,17,18). The van der Waals surface area contributed by atoms with E-state index in [9.17, 15) is 9.18 Å². The van der Waals surface area contributed by atoms with Crippen LogP contribution in [0.5, 0.6) is 0 Å². The van der Waals surface area contributed by atoms with E-state index in [-0.39, 0.29) is 5.69 Å². The number of amides is 1. The summed E-state index contributed by atoms with van der Waals surface area (Å²) in [6.07, 6.45) is 1.31. The molecule has 0 saturated carbocycles. The Kier molecular flexibility index (Phi) is 3.30. The van der Waals surface area contributed by atoms with Gasteiger partial charge in [0.15, 0.2) is 0 Å². The molecule has 1 N–H and O–H groups in total. The first kappa shape index (κ1) is 11.7. The van der Waals surface area contributed by atoms with Crippen molar-refractivity contribution in [2.45, 2.75) is 0 Å². The van der Waals surface area contributed by atoms with E-state index in [1.165, 1.54) is 36.5 Å². The first-order valence-electron chi connectivity index (χ1n) is 5.12. The summed E-state index contributed by atoms with van der Waals surface area (Å²) in [5.41, 5.74) is 0.890. The molecule has 0 aliphatic heterocycles. The number of halogens is 1. The van der Waals surface area contributed by atoms with E-state index in [4.69, 9.17) is 5.26 Å². The Bertz CT molecular complexity index is 617. The zero-order chi connectivity index (χ0) is 13.0. The summed E-state index contributed by atoms with van der Waals surface area (Å²) >= 11 is 0. The fourth-order valence-corrected chi connectivity index (χ4v) is 1.36. The minimum absolute atomic E-state index is 0.165. The fraction of sp³-hybridized carbons (Fsp3) is 0. The Morgan fingerprint density at radius 1 is 1.33 bits per heavy atom. The first-order chi connectivity index (χ1) is 8.69. The fourth-order valence-electron chi connectivity index (χ4n) is 1.36. The van der Waals surface area contributed by atoms with E-state index < -0.39 is 11.7 Å². The maximum absolute atomic E-state index is 12.9. The van der Waals surface area contributed by atoms with E-state index in [0.29, 0.717) is 11.3 Å². The maximum Gasteiger partial charge on any atom is 0.274 e. The first-order valence-corrected chi connectivity index (χ1v) is 5.12. The van der Waals surface area contributed by atoms with Gasteiger partial charge in [-0.05, 0) is 30.3 Å². The topological polar surface area (TPSA) is 65.8 Å². The van der Waals surface area contributed by atoms with Crippen LogP contribution in [0.25, 0.3) is 0 Å². The smallest absolute Gasteiger partial charge is 0.274 e. The van der Waals surface area contributed by atoms with Gasteiger partial charge in [-0.25, -0.2) is 9.37 Å². The number of pyridine rings is 1. The predicted molar refractivity (Wildman–Crippen MR) is 63.3 cm³/mol. The summed E-state index contributed by atoms with van der Waals surface area (Å²) in [6.45, 7) is 0. The van der Waals surface area contributed by atoms with Crippen LogP contribution in [0.2, 0.25) is 0 Å². The van der Waals surface area contributed by atoms with Crippen LogP contribution in [0.3, 0.4) is 0 Å². The summed E-state index contributed by atoms with van der Waals surface area (Å²) in [4.78, 5) is 15.6. The number of nitriles is 1. The van der Waals surface area contributed by atoms with Gasteiger partial charge in [0.1, 0.15) is 17.6 Å². The molecule has 4 nitrogen and oxygen atoms in total. The van der Waals surface area contributed by atoms with E-state index in [1.54, 1.807) is 6.07 Å². The monoisotopic (exact) mass is 241 g/mol. The number of carbonyl (C=O) groups excluding carboxylic acids is 1. The molecule has 5 heteroatoms. The van der Waals surface area contributed by atoms with Gasteiger partial charge in [-0.3, -0.25) is 4.79 Å². The molecule has 2 rings (SSSR count). The number of hydrogen-bond acceptors (Lipinski definition) is 3. The van der Waals surface area contributed by atoms with Gasteiger partial charge in [0.2, 0.25) is 0 Å². The van der Waals surface area contributed by atoms with Crippen LogP contribution in [0.1, 0.15) is 16.1 Å². The van der Waals surface area contributed by atoms with Crippen LogP contribution in [-0.2, 0) is 0 Å². The number of nitrogens with one attached hydrogen (secondary N) is 1. The van der Waals surface area contributed by atoms with Crippen molar-refractivity contribution < 1.29 is 9.18 Å². The van der Waals surface area contributed by atoms with Gasteiger partial charge in [-0.1, -0.05) is 6.07 Å². The van der Waals surface area contributed by atoms with Crippen LogP contribution >= 0.6 is 0 Å². The van der Waals surface area contributed by atoms with Crippen LogP contribution < -0.4 is 5.32 Å². The normalized spacial score (nSPS) is 9.56. The summed E-state index contributed by atoms with van der Waals surface area (Å²) < 4.78 is 12.9. The van der Waals surface area contributed by atoms with Gasteiger partial charge in [0.05, 0.1) is 5.56 Å². The third kappa shape index (κ3) is 2.68. The largest absolute Gasteiger partial charge is 0.321 e. The van der Waals surface area contributed by atoms with Crippen molar-refractivity contribution in [3.05, 3.63) is 59.7 Å². The van der Waals surface area contributed by atoms with E-state index in [2.05, 4.69) is 10.3 Å². The SMILES string of the molecule is N#Cc1ccc(C(=O)Nc2cccc(F)c2)nc1. The Morgan fingerprint density at radius 2 is 2.17 bits per heavy atom. The highest BCUT2D eigenvalue weighted by atomic mass is 19.1. The Hall–Kier alpha value is -2.74. The van der Waals surface area contributed by atoms with Crippen LogP contribution in [0, 0.1) is 17.1 Å². The number of benzene rings is 1. The van der Waals surface area contributed by atoms with Gasteiger partial charge in [0, 0.05) is 11.9 Å². The number of carbonyl (C=O) groups is 1. The van der Waals surface area contributed by atoms with Crippen LogP contribution in [0.15, 0.2) is 42.6 Å². The van der Waals surface area contributed by atoms with Crippen molar-refractivity contribution in [1.82, 2.24) is 4.98 Å². The molecule has 1 heterocycles. The highest BCUT2D eigenvalue weighted by molar-refractivity contribution is 6.02. The number of aromatic nitrogens is 1. The molecular formula is C13H8FN3O. The number of nitrogens with zero attached hydrogens (tertiary/aromatic N) is 2. The molecular weight excluding hydrogens is 233 g/mol. The summed E-state index contributed by atoms with van der Waals surface area (Å²) in [5.74, 6) is -0.884. The summed E-state index contributed by atoms with van der Waals surface area (Å²) in [7, 11) is 0. The number of hydrogen-bond donors (Lipinski definition) is 1. The lowest BCUT2D eigenvalue weighted by molar-refractivity contribution is 0.102. The highest BCUT2D eigenvalue weighted by Gasteiger charge is 2.07. The molecule has 0 saturated heterocycles. The second-order valence-electron chi connectivity index (χ2n) is 3.51. The quantitative estimate of drug-likeness (QED) is 0.877. The molecule has 0 unspecified atom stereocenters. The van der Waals surface area contributed by atoms with Gasteiger partial charge in [-0.15, -0.1) is 0 Å². The highest BCUT2D eigenvalue weighted by Crippen LogP contribution is 2.10. The Labute approximate surface area is 103 Å². The molecule has 18 heavy (non-hydrogen) atoms. The van der Waals surface area contributed by atoms with Crippen molar-refractivity contribution in [1.29, 1.82) is 5.26 Å². The molecule has 1 aromatic heterocycles. The molecule has 0 spiro atoms. The lowest BCUT2D eigenvalue weighted by atomic mass is 10.2. The molecule has 1 aromatic carbocycles. The van der Waals surface area contributed by atoms with Crippen molar-refractivity contribution in [2.24, 2.45) is 0 Å². The van der Waals surface area contributed by atoms with E-state index in [0.717, 1.165) is 0 Å². The summed E-state index contributed by atoms with van der Waals surface area (Å²) in [6, 6.07) is 10.4. The van der Waals surface area contributed by atoms with Crippen molar-refractivity contribution in [2.75, 3.05) is 5.32 Å². The molecule has 0 atom stereocenters. The molecule has 0 bridgehead atoms.